The Morgan fingerprint density at radius 1 is 0.929 bits per heavy atom. The van der Waals surface area contributed by atoms with Gasteiger partial charge in [0, 0.05) is 17.8 Å². The van der Waals surface area contributed by atoms with Crippen molar-refractivity contribution in [3.8, 4) is 5.75 Å². The molecule has 2 aromatic carbocycles. The van der Waals surface area contributed by atoms with Crippen LogP contribution in [0.3, 0.4) is 0 Å². The number of hydrogen-bond donors (Lipinski definition) is 2. The number of nitrogens with one attached hydrogen (secondary N) is 2. The summed E-state index contributed by atoms with van der Waals surface area (Å²) in [5.41, 5.74) is 0.355. The lowest BCUT2D eigenvalue weighted by atomic mass is 9.90. The summed E-state index contributed by atoms with van der Waals surface area (Å²) in [5, 5.41) is 5.46. The Morgan fingerprint density at radius 2 is 1.57 bits per heavy atom. The van der Waals surface area contributed by atoms with Crippen LogP contribution < -0.4 is 15.4 Å². The number of para-hydroxylation sites is 1. The Labute approximate surface area is 164 Å². The van der Waals surface area contributed by atoms with E-state index >= 15 is 0 Å². The highest BCUT2D eigenvalue weighted by Crippen LogP contribution is 2.21. The molecule has 0 aromatic heterocycles. The van der Waals surface area contributed by atoms with Crippen molar-refractivity contribution in [3.05, 3.63) is 59.7 Å². The maximum atomic E-state index is 12.6. The molecule has 0 aliphatic rings. The molecule has 2 aromatic rings. The lowest BCUT2D eigenvalue weighted by Crippen LogP contribution is -2.44. The molecule has 0 radical (unpaired) electrons. The second-order valence-corrected chi connectivity index (χ2v) is 6.64. The second-order valence-electron chi connectivity index (χ2n) is 6.64. The van der Waals surface area contributed by atoms with Crippen LogP contribution in [0, 0.1) is 5.41 Å². The zero-order valence-corrected chi connectivity index (χ0v) is 16.4. The van der Waals surface area contributed by atoms with Gasteiger partial charge in [-0.25, -0.2) is 4.79 Å². The third-order valence-corrected chi connectivity index (χ3v) is 4.33. The van der Waals surface area contributed by atoms with E-state index in [4.69, 9.17) is 4.74 Å². The SMILES string of the molecule is COC(=O)c1ccc(NC(=O)C(C)(C)C(=O)NCc2ccccc2OC)cc1. The first-order valence-corrected chi connectivity index (χ1v) is 8.69. The summed E-state index contributed by atoms with van der Waals surface area (Å²) in [6.45, 7) is 3.33. The van der Waals surface area contributed by atoms with E-state index < -0.39 is 23.2 Å². The van der Waals surface area contributed by atoms with Crippen molar-refractivity contribution in [3.63, 3.8) is 0 Å². The van der Waals surface area contributed by atoms with Crippen LogP contribution >= 0.6 is 0 Å². The van der Waals surface area contributed by atoms with Crippen molar-refractivity contribution in [2.45, 2.75) is 20.4 Å². The highest BCUT2D eigenvalue weighted by molar-refractivity contribution is 6.09. The van der Waals surface area contributed by atoms with Crippen molar-refractivity contribution in [1.82, 2.24) is 5.32 Å². The molecule has 2 rings (SSSR count). The summed E-state index contributed by atoms with van der Waals surface area (Å²) in [6.07, 6.45) is 0. The van der Waals surface area contributed by atoms with Gasteiger partial charge >= 0.3 is 5.97 Å². The van der Waals surface area contributed by atoms with Gasteiger partial charge in [-0.3, -0.25) is 9.59 Å². The van der Waals surface area contributed by atoms with Crippen LogP contribution in [0.5, 0.6) is 5.75 Å². The molecule has 0 atom stereocenters. The van der Waals surface area contributed by atoms with Gasteiger partial charge in [-0.2, -0.15) is 0 Å². The molecule has 28 heavy (non-hydrogen) atoms. The quantitative estimate of drug-likeness (QED) is 0.566. The van der Waals surface area contributed by atoms with Crippen LogP contribution in [0.25, 0.3) is 0 Å². The summed E-state index contributed by atoms with van der Waals surface area (Å²) < 4.78 is 9.90. The minimum Gasteiger partial charge on any atom is -0.496 e. The maximum absolute atomic E-state index is 12.6. The third kappa shape index (κ3) is 4.88. The van der Waals surface area contributed by atoms with Crippen LogP contribution in [0.1, 0.15) is 29.8 Å². The number of amides is 2. The van der Waals surface area contributed by atoms with E-state index in [-0.39, 0.29) is 6.54 Å². The summed E-state index contributed by atoms with van der Waals surface area (Å²) in [5.74, 6) is -0.678. The van der Waals surface area contributed by atoms with Crippen molar-refractivity contribution in [1.29, 1.82) is 0 Å². The number of methoxy groups -OCH3 is 2. The van der Waals surface area contributed by atoms with Crippen LogP contribution in [-0.2, 0) is 20.9 Å². The van der Waals surface area contributed by atoms with Crippen LogP contribution in [0.4, 0.5) is 5.69 Å². The molecule has 7 nitrogen and oxygen atoms in total. The number of esters is 1. The van der Waals surface area contributed by atoms with E-state index in [0.29, 0.717) is 17.0 Å². The van der Waals surface area contributed by atoms with E-state index in [9.17, 15) is 14.4 Å². The normalized spacial score (nSPS) is 10.7. The molecule has 0 bridgehead atoms. The fourth-order valence-corrected chi connectivity index (χ4v) is 2.44. The topological polar surface area (TPSA) is 93.7 Å². The zero-order chi connectivity index (χ0) is 20.7. The van der Waals surface area contributed by atoms with Gasteiger partial charge in [0.2, 0.25) is 11.8 Å². The van der Waals surface area contributed by atoms with Gasteiger partial charge in [-0.1, -0.05) is 18.2 Å². The van der Waals surface area contributed by atoms with Gasteiger partial charge in [-0.15, -0.1) is 0 Å². The van der Waals surface area contributed by atoms with Gasteiger partial charge in [0.1, 0.15) is 11.2 Å². The summed E-state index contributed by atoms with van der Waals surface area (Å²) in [6, 6.07) is 13.6. The minimum absolute atomic E-state index is 0.243. The number of carbonyl (C=O) groups excluding carboxylic acids is 3. The molecule has 148 valence electrons. The molecule has 2 N–H and O–H groups in total. The zero-order valence-electron chi connectivity index (χ0n) is 16.4. The Hall–Kier alpha value is -3.35. The first kappa shape index (κ1) is 21.0. The maximum Gasteiger partial charge on any atom is 0.337 e. The molecular formula is C21H24N2O5. The lowest BCUT2D eigenvalue weighted by molar-refractivity contribution is -0.138. The van der Waals surface area contributed by atoms with Crippen molar-refractivity contribution in [2.24, 2.45) is 5.41 Å². The Morgan fingerprint density at radius 3 is 2.18 bits per heavy atom. The molecule has 2 amide bonds. The molecule has 0 aliphatic heterocycles. The van der Waals surface area contributed by atoms with Gasteiger partial charge in [-0.05, 0) is 44.2 Å². The first-order valence-electron chi connectivity index (χ1n) is 8.69. The number of carbonyl (C=O) groups is 3. The van der Waals surface area contributed by atoms with Crippen molar-refractivity contribution < 1.29 is 23.9 Å². The number of hydrogen-bond acceptors (Lipinski definition) is 5. The Kier molecular flexibility index (Phi) is 6.76. The average molecular weight is 384 g/mol. The van der Waals surface area contributed by atoms with Gasteiger partial charge in [0.05, 0.1) is 19.8 Å². The number of anilines is 1. The van der Waals surface area contributed by atoms with Crippen LogP contribution in [-0.4, -0.2) is 32.0 Å². The van der Waals surface area contributed by atoms with Crippen LogP contribution in [0.2, 0.25) is 0 Å². The highest BCUT2D eigenvalue weighted by Gasteiger charge is 2.36. The fourth-order valence-electron chi connectivity index (χ4n) is 2.44. The monoisotopic (exact) mass is 384 g/mol. The third-order valence-electron chi connectivity index (χ3n) is 4.33. The fraction of sp³-hybridized carbons (Fsp3) is 0.286. The molecule has 7 heteroatoms. The van der Waals surface area contributed by atoms with Crippen LogP contribution in [0.15, 0.2) is 48.5 Å². The first-order chi connectivity index (χ1) is 13.3. The molecule has 0 fully saturated rings. The molecule has 0 saturated carbocycles. The predicted molar refractivity (Wildman–Crippen MR) is 105 cm³/mol. The summed E-state index contributed by atoms with van der Waals surface area (Å²) >= 11 is 0. The van der Waals surface area contributed by atoms with Crippen molar-refractivity contribution in [2.75, 3.05) is 19.5 Å². The van der Waals surface area contributed by atoms with E-state index in [1.807, 2.05) is 18.2 Å². The van der Waals surface area contributed by atoms with Gasteiger partial charge in [0.25, 0.3) is 0 Å². The number of rotatable bonds is 7. The van der Waals surface area contributed by atoms with E-state index in [1.54, 1.807) is 39.2 Å². The Balaban J connectivity index is 2.01. The highest BCUT2D eigenvalue weighted by atomic mass is 16.5. The lowest BCUT2D eigenvalue weighted by Gasteiger charge is -2.23. The van der Waals surface area contributed by atoms with Gasteiger partial charge < -0.3 is 20.1 Å². The number of ether oxygens (including phenoxy) is 2. The molecule has 0 saturated heterocycles. The number of benzene rings is 2. The van der Waals surface area contributed by atoms with Gasteiger partial charge in [0.15, 0.2) is 0 Å². The van der Waals surface area contributed by atoms with E-state index in [0.717, 1.165) is 5.56 Å². The molecule has 0 unspecified atom stereocenters. The van der Waals surface area contributed by atoms with E-state index in [2.05, 4.69) is 15.4 Å². The average Bonchev–Trinajstić information content (AvgIpc) is 2.71. The Bertz CT molecular complexity index is 859. The van der Waals surface area contributed by atoms with Crippen molar-refractivity contribution >= 4 is 23.5 Å². The summed E-state index contributed by atoms with van der Waals surface area (Å²) in [4.78, 5) is 36.6. The molecular weight excluding hydrogens is 360 g/mol. The molecule has 0 heterocycles. The smallest absolute Gasteiger partial charge is 0.337 e. The molecule has 0 aliphatic carbocycles. The standard InChI is InChI=1S/C21H24N2O5/c1-21(2,19(25)22-13-15-7-5-6-8-17(15)27-3)20(26)23-16-11-9-14(10-12-16)18(24)28-4/h5-12H,13H2,1-4H3,(H,22,25)(H,23,26). The second kappa shape index (κ2) is 9.03. The predicted octanol–water partition coefficient (Wildman–Crippen LogP) is 2.76. The molecule has 0 spiro atoms. The van der Waals surface area contributed by atoms with E-state index in [1.165, 1.54) is 19.2 Å². The largest absolute Gasteiger partial charge is 0.496 e. The minimum atomic E-state index is -1.30. The summed E-state index contributed by atoms with van der Waals surface area (Å²) in [7, 11) is 2.85.